The van der Waals surface area contributed by atoms with Gasteiger partial charge in [0.2, 0.25) is 5.91 Å². The van der Waals surface area contributed by atoms with Gasteiger partial charge in [-0.05, 0) is 44.5 Å². The van der Waals surface area contributed by atoms with Crippen molar-refractivity contribution in [2.24, 2.45) is 5.73 Å². The zero-order chi connectivity index (χ0) is 15.7. The molecule has 1 rings (SSSR count). The van der Waals surface area contributed by atoms with Crippen molar-refractivity contribution in [3.63, 3.8) is 0 Å². The summed E-state index contributed by atoms with van der Waals surface area (Å²) in [5, 5.41) is 5.43. The van der Waals surface area contributed by atoms with Gasteiger partial charge in [-0.25, -0.2) is 0 Å². The van der Waals surface area contributed by atoms with Crippen LogP contribution in [0.25, 0.3) is 0 Å². The fourth-order valence-corrected chi connectivity index (χ4v) is 1.61. The standard InChI is InChI=1S/C15H23N3O3/c1-3-17-15(20)10-21-13-7-5-12(6-8-13)18-14(19)9-4-11(2)16/h5-8,11H,3-4,9-10,16H2,1-2H3,(H,17,20)(H,18,19). The third-order valence-electron chi connectivity index (χ3n) is 2.71. The summed E-state index contributed by atoms with van der Waals surface area (Å²) in [5.74, 6) is 0.351. The van der Waals surface area contributed by atoms with Crippen molar-refractivity contribution in [3.05, 3.63) is 24.3 Å². The van der Waals surface area contributed by atoms with Gasteiger partial charge < -0.3 is 21.1 Å². The first-order chi connectivity index (χ1) is 10.0. The maximum Gasteiger partial charge on any atom is 0.257 e. The van der Waals surface area contributed by atoms with Crippen LogP contribution in [0, 0.1) is 0 Å². The zero-order valence-electron chi connectivity index (χ0n) is 12.5. The van der Waals surface area contributed by atoms with Crippen LogP contribution in [0.1, 0.15) is 26.7 Å². The normalized spacial score (nSPS) is 11.6. The molecule has 0 aromatic heterocycles. The molecular weight excluding hydrogens is 270 g/mol. The first kappa shape index (κ1) is 17.0. The predicted molar refractivity (Wildman–Crippen MR) is 82.1 cm³/mol. The van der Waals surface area contributed by atoms with Crippen molar-refractivity contribution in [2.75, 3.05) is 18.5 Å². The fourth-order valence-electron chi connectivity index (χ4n) is 1.61. The highest BCUT2D eigenvalue weighted by atomic mass is 16.5. The number of ether oxygens (including phenoxy) is 1. The van der Waals surface area contributed by atoms with Crippen LogP contribution < -0.4 is 21.1 Å². The van der Waals surface area contributed by atoms with E-state index < -0.39 is 0 Å². The molecular formula is C15H23N3O3. The average Bonchev–Trinajstić information content (AvgIpc) is 2.45. The number of benzene rings is 1. The Bertz CT molecular complexity index is 458. The lowest BCUT2D eigenvalue weighted by molar-refractivity contribution is -0.123. The van der Waals surface area contributed by atoms with Crippen molar-refractivity contribution in [3.8, 4) is 5.75 Å². The number of hydrogen-bond acceptors (Lipinski definition) is 4. The molecule has 0 radical (unpaired) electrons. The first-order valence-electron chi connectivity index (χ1n) is 7.06. The topological polar surface area (TPSA) is 93.5 Å². The molecule has 0 saturated carbocycles. The summed E-state index contributed by atoms with van der Waals surface area (Å²) in [7, 11) is 0. The van der Waals surface area contributed by atoms with E-state index in [1.54, 1.807) is 24.3 Å². The van der Waals surface area contributed by atoms with Gasteiger partial charge in [-0.2, -0.15) is 0 Å². The lowest BCUT2D eigenvalue weighted by atomic mass is 10.2. The van der Waals surface area contributed by atoms with Gasteiger partial charge in [0.15, 0.2) is 6.61 Å². The van der Waals surface area contributed by atoms with E-state index in [0.717, 1.165) is 0 Å². The molecule has 0 aliphatic rings. The summed E-state index contributed by atoms with van der Waals surface area (Å²) < 4.78 is 5.32. The quantitative estimate of drug-likeness (QED) is 0.673. The Kier molecular flexibility index (Phi) is 7.25. The maximum absolute atomic E-state index is 11.6. The summed E-state index contributed by atoms with van der Waals surface area (Å²) in [6.07, 6.45) is 1.05. The number of carbonyl (C=O) groups excluding carboxylic acids is 2. The number of rotatable bonds is 8. The van der Waals surface area contributed by atoms with Crippen LogP contribution in [0.5, 0.6) is 5.75 Å². The Morgan fingerprint density at radius 2 is 1.90 bits per heavy atom. The van der Waals surface area contributed by atoms with E-state index in [1.807, 2.05) is 13.8 Å². The molecule has 1 atom stereocenters. The minimum Gasteiger partial charge on any atom is -0.484 e. The van der Waals surface area contributed by atoms with Crippen LogP contribution in [0.15, 0.2) is 24.3 Å². The van der Waals surface area contributed by atoms with Gasteiger partial charge in [0.1, 0.15) is 5.75 Å². The Hall–Kier alpha value is -2.08. The second-order valence-electron chi connectivity index (χ2n) is 4.83. The molecule has 0 heterocycles. The highest BCUT2D eigenvalue weighted by molar-refractivity contribution is 5.90. The number of anilines is 1. The van der Waals surface area contributed by atoms with Crippen LogP contribution in [0.2, 0.25) is 0 Å². The Labute approximate surface area is 125 Å². The molecule has 1 aromatic carbocycles. The molecule has 0 aliphatic carbocycles. The van der Waals surface area contributed by atoms with Crippen molar-refractivity contribution >= 4 is 17.5 Å². The van der Waals surface area contributed by atoms with E-state index in [9.17, 15) is 9.59 Å². The molecule has 1 unspecified atom stereocenters. The molecule has 4 N–H and O–H groups in total. The molecule has 0 saturated heterocycles. The fraction of sp³-hybridized carbons (Fsp3) is 0.467. The van der Waals surface area contributed by atoms with Crippen LogP contribution in [-0.2, 0) is 9.59 Å². The summed E-state index contributed by atoms with van der Waals surface area (Å²) in [6.45, 7) is 4.28. The monoisotopic (exact) mass is 293 g/mol. The number of carbonyl (C=O) groups is 2. The van der Waals surface area contributed by atoms with Crippen LogP contribution >= 0.6 is 0 Å². The molecule has 21 heavy (non-hydrogen) atoms. The molecule has 0 aliphatic heterocycles. The van der Waals surface area contributed by atoms with Gasteiger partial charge in [-0.15, -0.1) is 0 Å². The van der Waals surface area contributed by atoms with Gasteiger partial charge in [0.25, 0.3) is 5.91 Å². The predicted octanol–water partition coefficient (Wildman–Crippen LogP) is 1.27. The van der Waals surface area contributed by atoms with Crippen molar-refractivity contribution in [1.82, 2.24) is 5.32 Å². The van der Waals surface area contributed by atoms with Gasteiger partial charge in [0.05, 0.1) is 0 Å². The smallest absolute Gasteiger partial charge is 0.257 e. The van der Waals surface area contributed by atoms with E-state index in [0.29, 0.717) is 30.8 Å². The third-order valence-corrected chi connectivity index (χ3v) is 2.71. The maximum atomic E-state index is 11.6. The van der Waals surface area contributed by atoms with Gasteiger partial charge in [-0.3, -0.25) is 9.59 Å². The van der Waals surface area contributed by atoms with Crippen LogP contribution in [0.4, 0.5) is 5.69 Å². The molecule has 0 bridgehead atoms. The summed E-state index contributed by atoms with van der Waals surface area (Å²) >= 11 is 0. The van der Waals surface area contributed by atoms with Gasteiger partial charge in [-0.1, -0.05) is 0 Å². The van der Waals surface area contributed by atoms with Crippen LogP contribution in [-0.4, -0.2) is 31.0 Å². The van der Waals surface area contributed by atoms with Crippen molar-refractivity contribution in [1.29, 1.82) is 0 Å². The highest BCUT2D eigenvalue weighted by Crippen LogP contribution is 2.16. The number of nitrogens with one attached hydrogen (secondary N) is 2. The zero-order valence-corrected chi connectivity index (χ0v) is 12.5. The Morgan fingerprint density at radius 1 is 1.24 bits per heavy atom. The Balaban J connectivity index is 2.39. The summed E-state index contributed by atoms with van der Waals surface area (Å²) in [4.78, 5) is 22.9. The van der Waals surface area contributed by atoms with E-state index in [2.05, 4.69) is 10.6 Å². The van der Waals surface area contributed by atoms with Crippen molar-refractivity contribution in [2.45, 2.75) is 32.7 Å². The second-order valence-corrected chi connectivity index (χ2v) is 4.83. The number of nitrogens with two attached hydrogens (primary N) is 1. The van der Waals surface area contributed by atoms with E-state index in [4.69, 9.17) is 10.5 Å². The lowest BCUT2D eigenvalue weighted by Crippen LogP contribution is -2.28. The lowest BCUT2D eigenvalue weighted by Gasteiger charge is -2.09. The first-order valence-corrected chi connectivity index (χ1v) is 7.06. The molecule has 0 fully saturated rings. The molecule has 6 nitrogen and oxygen atoms in total. The van der Waals surface area contributed by atoms with E-state index >= 15 is 0 Å². The number of likely N-dealkylation sites (N-methyl/N-ethyl adjacent to an activating group) is 1. The molecule has 6 heteroatoms. The van der Waals surface area contributed by atoms with Gasteiger partial charge >= 0.3 is 0 Å². The van der Waals surface area contributed by atoms with E-state index in [-0.39, 0.29) is 24.5 Å². The average molecular weight is 293 g/mol. The number of amides is 2. The number of hydrogen-bond donors (Lipinski definition) is 3. The minimum absolute atomic E-state index is 0.0146. The highest BCUT2D eigenvalue weighted by Gasteiger charge is 2.05. The van der Waals surface area contributed by atoms with Crippen molar-refractivity contribution < 1.29 is 14.3 Å². The second kappa shape index (κ2) is 8.97. The SMILES string of the molecule is CCNC(=O)COc1ccc(NC(=O)CCC(C)N)cc1. The van der Waals surface area contributed by atoms with Crippen LogP contribution in [0.3, 0.4) is 0 Å². The van der Waals surface area contributed by atoms with Gasteiger partial charge in [0, 0.05) is 24.7 Å². The largest absolute Gasteiger partial charge is 0.484 e. The third kappa shape index (κ3) is 7.31. The van der Waals surface area contributed by atoms with E-state index in [1.165, 1.54) is 0 Å². The molecule has 116 valence electrons. The Morgan fingerprint density at radius 3 is 2.48 bits per heavy atom. The minimum atomic E-state index is -0.161. The summed E-state index contributed by atoms with van der Waals surface area (Å²) in [5.41, 5.74) is 6.29. The molecule has 2 amide bonds. The molecule has 0 spiro atoms. The molecule has 1 aromatic rings. The summed E-state index contributed by atoms with van der Waals surface area (Å²) in [6, 6.07) is 6.90.